The predicted molar refractivity (Wildman–Crippen MR) is 118 cm³/mol. The highest BCUT2D eigenvalue weighted by Crippen LogP contribution is 2.15. The van der Waals surface area contributed by atoms with Gasteiger partial charge in [0.05, 0.1) is 12.7 Å². The predicted octanol–water partition coefficient (Wildman–Crippen LogP) is 3.21. The minimum absolute atomic E-state index is 0. The molecule has 0 bridgehead atoms. The Balaban J connectivity index is 0.00000338. The molecule has 0 spiro atoms. The van der Waals surface area contributed by atoms with Crippen molar-refractivity contribution in [2.75, 3.05) is 33.3 Å². The molecule has 26 heavy (non-hydrogen) atoms. The number of halogens is 2. The fraction of sp³-hybridized carbons (Fsp3) is 0.444. The Labute approximate surface area is 177 Å². The number of guanidine groups is 1. The summed E-state index contributed by atoms with van der Waals surface area (Å²) in [6.45, 7) is 4.92. The van der Waals surface area contributed by atoms with E-state index in [1.807, 2.05) is 55.4 Å². The van der Waals surface area contributed by atoms with E-state index in [1.165, 1.54) is 5.56 Å². The van der Waals surface area contributed by atoms with Gasteiger partial charge in [0.25, 0.3) is 0 Å². The molecule has 0 saturated heterocycles. The molecule has 2 rings (SSSR count). The third-order valence-corrected chi connectivity index (χ3v) is 3.88. The molecule has 0 unspecified atom stereocenters. The van der Waals surface area contributed by atoms with Crippen molar-refractivity contribution >= 4 is 41.5 Å². The van der Waals surface area contributed by atoms with Gasteiger partial charge in [-0.05, 0) is 43.2 Å². The molecule has 0 aliphatic heterocycles. The lowest BCUT2D eigenvalue weighted by Gasteiger charge is -2.22. The van der Waals surface area contributed by atoms with Gasteiger partial charge in [-0.25, -0.2) is 0 Å². The summed E-state index contributed by atoms with van der Waals surface area (Å²) in [6.07, 6.45) is 4.77. The maximum Gasteiger partial charge on any atom is 0.193 e. The monoisotopic (exact) mass is 491 g/mol. The van der Waals surface area contributed by atoms with E-state index in [-0.39, 0.29) is 24.0 Å². The molecule has 1 aromatic carbocycles. The average molecular weight is 492 g/mol. The van der Waals surface area contributed by atoms with E-state index in [4.69, 9.17) is 16.3 Å². The lowest BCUT2D eigenvalue weighted by Crippen LogP contribution is -2.41. The van der Waals surface area contributed by atoms with E-state index in [9.17, 15) is 0 Å². The second-order valence-corrected chi connectivity index (χ2v) is 6.17. The van der Waals surface area contributed by atoms with E-state index in [0.29, 0.717) is 11.6 Å². The van der Waals surface area contributed by atoms with Crippen molar-refractivity contribution in [3.05, 3.63) is 47.2 Å². The van der Waals surface area contributed by atoms with Crippen LogP contribution in [0.25, 0.3) is 0 Å². The number of ether oxygens (including phenoxy) is 1. The summed E-state index contributed by atoms with van der Waals surface area (Å²) >= 11 is 5.87. The Morgan fingerprint density at radius 2 is 2.08 bits per heavy atom. The maximum atomic E-state index is 5.87. The molecule has 0 saturated carbocycles. The highest BCUT2D eigenvalue weighted by atomic mass is 127. The highest BCUT2D eigenvalue weighted by molar-refractivity contribution is 14.0. The average Bonchev–Trinajstić information content (AvgIpc) is 3.01. The number of hydrogen-bond donors (Lipinski definition) is 1. The molecule has 0 radical (unpaired) electrons. The normalized spacial score (nSPS) is 11.0. The summed E-state index contributed by atoms with van der Waals surface area (Å²) in [7, 11) is 3.93. The molecule has 1 N–H and O–H groups in total. The summed E-state index contributed by atoms with van der Waals surface area (Å²) in [4.78, 5) is 6.75. The number of likely N-dealkylation sites (N-methyl/N-ethyl adjacent to an activating group) is 1. The van der Waals surface area contributed by atoms with Crippen molar-refractivity contribution < 1.29 is 4.74 Å². The Morgan fingerprint density at radius 1 is 1.35 bits per heavy atom. The Bertz CT molecular complexity index is 674. The van der Waals surface area contributed by atoms with Crippen LogP contribution in [0.2, 0.25) is 5.02 Å². The molecule has 1 aromatic heterocycles. The molecular weight excluding hydrogens is 465 g/mol. The molecule has 0 amide bonds. The molecule has 0 aliphatic carbocycles. The van der Waals surface area contributed by atoms with Gasteiger partial charge in [-0.2, -0.15) is 5.10 Å². The summed E-state index contributed by atoms with van der Waals surface area (Å²) < 4.78 is 7.55. The third kappa shape index (κ3) is 7.82. The first kappa shape index (κ1) is 22.6. The van der Waals surface area contributed by atoms with Crippen molar-refractivity contribution in [2.45, 2.75) is 13.3 Å². The van der Waals surface area contributed by atoms with Gasteiger partial charge in [0.2, 0.25) is 0 Å². The number of benzene rings is 1. The molecule has 0 atom stereocenters. The van der Waals surface area contributed by atoms with E-state index >= 15 is 0 Å². The zero-order chi connectivity index (χ0) is 18.1. The topological polar surface area (TPSA) is 54.7 Å². The van der Waals surface area contributed by atoms with Crippen LogP contribution in [0, 0.1) is 0 Å². The van der Waals surface area contributed by atoms with Crippen molar-refractivity contribution in [1.29, 1.82) is 0 Å². The molecule has 0 aliphatic rings. The number of hydrogen-bond acceptors (Lipinski definition) is 3. The summed E-state index contributed by atoms with van der Waals surface area (Å²) in [6, 6.07) is 7.39. The molecule has 144 valence electrons. The zero-order valence-electron chi connectivity index (χ0n) is 15.5. The first-order chi connectivity index (χ1) is 12.1. The number of rotatable bonds is 8. The summed E-state index contributed by atoms with van der Waals surface area (Å²) in [5.41, 5.74) is 1.19. The second kappa shape index (κ2) is 12.0. The summed E-state index contributed by atoms with van der Waals surface area (Å²) in [5.74, 6) is 1.70. The number of nitrogens with zero attached hydrogens (tertiary/aromatic N) is 4. The van der Waals surface area contributed by atoms with Gasteiger partial charge in [0.1, 0.15) is 12.4 Å². The first-order valence-corrected chi connectivity index (χ1v) is 8.81. The van der Waals surface area contributed by atoms with E-state index in [2.05, 4.69) is 27.2 Å². The van der Waals surface area contributed by atoms with Crippen LogP contribution < -0.4 is 10.1 Å². The fourth-order valence-corrected chi connectivity index (χ4v) is 2.42. The molecular formula is C18H27ClIN5O. The Morgan fingerprint density at radius 3 is 2.69 bits per heavy atom. The van der Waals surface area contributed by atoms with Crippen LogP contribution in [0.15, 0.2) is 41.7 Å². The van der Waals surface area contributed by atoms with Gasteiger partial charge in [0.15, 0.2) is 5.96 Å². The smallest absolute Gasteiger partial charge is 0.193 e. The van der Waals surface area contributed by atoms with Gasteiger partial charge in [0, 0.05) is 38.4 Å². The Hall–Kier alpha value is -1.48. The van der Waals surface area contributed by atoms with Crippen LogP contribution in [-0.4, -0.2) is 53.9 Å². The minimum atomic E-state index is 0. The molecule has 8 heteroatoms. The van der Waals surface area contributed by atoms with Crippen molar-refractivity contribution in [3.8, 4) is 5.75 Å². The number of aliphatic imine (C=N–C) groups is 1. The van der Waals surface area contributed by atoms with Gasteiger partial charge in [-0.3, -0.25) is 9.67 Å². The largest absolute Gasteiger partial charge is 0.492 e. The second-order valence-electron chi connectivity index (χ2n) is 5.73. The summed E-state index contributed by atoms with van der Waals surface area (Å²) in [5, 5.41) is 8.20. The lowest BCUT2D eigenvalue weighted by atomic mass is 10.3. The number of aryl methyl sites for hydroxylation is 1. The SMILES string of the molecule is CCNC(=NCCc1cnn(C)c1)N(C)CCOc1ccc(Cl)cc1.I. The standard InChI is InChI=1S/C18H26ClN5O.HI/c1-4-20-18(21-10-9-15-13-22-24(3)14-15)23(2)11-12-25-17-7-5-16(19)6-8-17;/h5-8,13-14H,4,9-12H2,1-3H3,(H,20,21);1H. The van der Waals surface area contributed by atoms with Crippen molar-refractivity contribution in [3.63, 3.8) is 0 Å². The fourth-order valence-electron chi connectivity index (χ4n) is 2.30. The van der Waals surface area contributed by atoms with Crippen LogP contribution in [0.1, 0.15) is 12.5 Å². The maximum absolute atomic E-state index is 5.87. The van der Waals surface area contributed by atoms with Gasteiger partial charge < -0.3 is 15.0 Å². The number of aromatic nitrogens is 2. The van der Waals surface area contributed by atoms with Gasteiger partial charge in [-0.15, -0.1) is 24.0 Å². The van der Waals surface area contributed by atoms with E-state index in [1.54, 1.807) is 0 Å². The van der Waals surface area contributed by atoms with Crippen LogP contribution in [-0.2, 0) is 13.5 Å². The van der Waals surface area contributed by atoms with Crippen LogP contribution in [0.5, 0.6) is 5.75 Å². The molecule has 2 aromatic rings. The highest BCUT2D eigenvalue weighted by Gasteiger charge is 2.06. The van der Waals surface area contributed by atoms with Crippen molar-refractivity contribution in [2.24, 2.45) is 12.0 Å². The van der Waals surface area contributed by atoms with E-state index in [0.717, 1.165) is 37.8 Å². The lowest BCUT2D eigenvalue weighted by molar-refractivity contribution is 0.281. The van der Waals surface area contributed by atoms with Crippen LogP contribution in [0.3, 0.4) is 0 Å². The van der Waals surface area contributed by atoms with Gasteiger partial charge in [-0.1, -0.05) is 11.6 Å². The zero-order valence-corrected chi connectivity index (χ0v) is 18.6. The van der Waals surface area contributed by atoms with Gasteiger partial charge >= 0.3 is 0 Å². The van der Waals surface area contributed by atoms with Crippen LogP contribution >= 0.6 is 35.6 Å². The minimum Gasteiger partial charge on any atom is -0.492 e. The quantitative estimate of drug-likeness (QED) is 0.350. The molecule has 1 heterocycles. The Kier molecular flexibility index (Phi) is 10.4. The van der Waals surface area contributed by atoms with Crippen molar-refractivity contribution in [1.82, 2.24) is 20.0 Å². The molecule has 6 nitrogen and oxygen atoms in total. The molecule has 0 fully saturated rings. The third-order valence-electron chi connectivity index (χ3n) is 3.63. The first-order valence-electron chi connectivity index (χ1n) is 8.44. The van der Waals surface area contributed by atoms with Crippen LogP contribution in [0.4, 0.5) is 0 Å². The van der Waals surface area contributed by atoms with E-state index < -0.39 is 0 Å². The number of nitrogens with one attached hydrogen (secondary N) is 1.